The van der Waals surface area contributed by atoms with Gasteiger partial charge in [-0.25, -0.2) is 0 Å². The van der Waals surface area contributed by atoms with Gasteiger partial charge in [0.15, 0.2) is 0 Å². The molecule has 1 aromatic heterocycles. The summed E-state index contributed by atoms with van der Waals surface area (Å²) in [6.45, 7) is 5.40. The van der Waals surface area contributed by atoms with Gasteiger partial charge in [-0.15, -0.1) is 11.3 Å². The molecule has 0 spiro atoms. The molecule has 0 bridgehead atoms. The van der Waals surface area contributed by atoms with E-state index in [-0.39, 0.29) is 23.9 Å². The molecule has 1 saturated carbocycles. The fourth-order valence-electron chi connectivity index (χ4n) is 5.14. The summed E-state index contributed by atoms with van der Waals surface area (Å²) < 4.78 is 5.30. The fourth-order valence-corrected chi connectivity index (χ4v) is 6.02. The van der Waals surface area contributed by atoms with Crippen molar-refractivity contribution in [1.29, 1.82) is 0 Å². The summed E-state index contributed by atoms with van der Waals surface area (Å²) in [5.41, 5.74) is 1.45. The molecule has 1 aliphatic carbocycles. The van der Waals surface area contributed by atoms with Gasteiger partial charge in [0.05, 0.1) is 18.6 Å². The molecule has 1 fully saturated rings. The molecule has 5 atom stereocenters. The minimum Gasteiger partial charge on any atom is -0.383 e. The van der Waals surface area contributed by atoms with E-state index in [2.05, 4.69) is 19.2 Å². The normalized spacial score (nSPS) is 28.3. The van der Waals surface area contributed by atoms with Crippen LogP contribution in [0.15, 0.2) is 41.8 Å². The predicted octanol–water partition coefficient (Wildman–Crippen LogP) is 4.62. The van der Waals surface area contributed by atoms with Crippen molar-refractivity contribution in [2.24, 2.45) is 11.8 Å². The summed E-state index contributed by atoms with van der Waals surface area (Å²) in [6.07, 6.45) is 3.38. The van der Waals surface area contributed by atoms with Crippen LogP contribution >= 0.6 is 11.3 Å². The zero-order valence-electron chi connectivity index (χ0n) is 18.5. The van der Waals surface area contributed by atoms with E-state index in [1.54, 1.807) is 18.4 Å². The van der Waals surface area contributed by atoms with Crippen LogP contribution in [-0.2, 0) is 9.53 Å². The highest BCUT2D eigenvalue weighted by molar-refractivity contribution is 7.10. The number of nitrogens with one attached hydrogen (secondary N) is 1. The summed E-state index contributed by atoms with van der Waals surface area (Å²) in [7, 11) is 1.64. The summed E-state index contributed by atoms with van der Waals surface area (Å²) in [4.78, 5) is 30.1. The molecule has 0 radical (unpaired) electrons. The first-order valence-corrected chi connectivity index (χ1v) is 12.1. The lowest BCUT2D eigenvalue weighted by Gasteiger charge is -2.42. The Morgan fingerprint density at radius 1 is 1.19 bits per heavy atom. The van der Waals surface area contributed by atoms with E-state index in [4.69, 9.17) is 4.74 Å². The quantitative estimate of drug-likeness (QED) is 0.713. The number of nitrogens with zero attached hydrogens (tertiary/aromatic N) is 1. The fraction of sp³-hybridized carbons (Fsp3) is 0.520. The number of rotatable bonds is 6. The van der Waals surface area contributed by atoms with Crippen LogP contribution in [0.25, 0.3) is 0 Å². The van der Waals surface area contributed by atoms with Crippen molar-refractivity contribution in [3.63, 3.8) is 0 Å². The molecular weight excluding hydrogens is 408 g/mol. The lowest BCUT2D eigenvalue weighted by atomic mass is 9.77. The van der Waals surface area contributed by atoms with Gasteiger partial charge in [-0.3, -0.25) is 9.59 Å². The number of hydrogen-bond acceptors (Lipinski definition) is 4. The van der Waals surface area contributed by atoms with Gasteiger partial charge in [-0.1, -0.05) is 51.0 Å². The Labute approximate surface area is 188 Å². The van der Waals surface area contributed by atoms with Gasteiger partial charge < -0.3 is 15.0 Å². The van der Waals surface area contributed by atoms with Crippen molar-refractivity contribution in [3.8, 4) is 0 Å². The monoisotopic (exact) mass is 440 g/mol. The third-order valence-corrected chi connectivity index (χ3v) is 8.07. The van der Waals surface area contributed by atoms with Crippen molar-refractivity contribution in [2.75, 3.05) is 20.3 Å². The predicted molar refractivity (Wildman–Crippen MR) is 123 cm³/mol. The topological polar surface area (TPSA) is 58.6 Å². The number of hydrogen-bond donors (Lipinski definition) is 1. The van der Waals surface area contributed by atoms with Crippen LogP contribution in [0, 0.1) is 11.8 Å². The van der Waals surface area contributed by atoms with Crippen molar-refractivity contribution < 1.29 is 14.3 Å². The molecule has 1 aliphatic heterocycles. The lowest BCUT2D eigenvalue weighted by Crippen LogP contribution is -2.51. The average molecular weight is 441 g/mol. The van der Waals surface area contributed by atoms with Gasteiger partial charge >= 0.3 is 0 Å². The molecule has 2 amide bonds. The van der Waals surface area contributed by atoms with Crippen molar-refractivity contribution in [1.82, 2.24) is 10.2 Å². The minimum atomic E-state index is -0.436. The highest BCUT2D eigenvalue weighted by Crippen LogP contribution is 2.44. The number of benzene rings is 1. The second kappa shape index (κ2) is 9.53. The lowest BCUT2D eigenvalue weighted by molar-refractivity contribution is -0.125. The molecule has 2 aromatic rings. The Balaban J connectivity index is 1.73. The van der Waals surface area contributed by atoms with Crippen LogP contribution in [0.5, 0.6) is 0 Å². The molecule has 1 aromatic carbocycles. The molecule has 2 aliphatic rings. The number of carbonyl (C=O) groups is 2. The van der Waals surface area contributed by atoms with Crippen molar-refractivity contribution >= 4 is 23.2 Å². The first kappa shape index (κ1) is 22.0. The van der Waals surface area contributed by atoms with Crippen molar-refractivity contribution in [3.05, 3.63) is 57.8 Å². The first-order chi connectivity index (χ1) is 15.0. The number of thiophene rings is 1. The number of carbonyl (C=O) groups excluding carboxylic acids is 2. The van der Waals surface area contributed by atoms with Crippen LogP contribution in [-0.4, -0.2) is 43.0 Å². The molecule has 0 unspecified atom stereocenters. The summed E-state index contributed by atoms with van der Waals surface area (Å²) in [6, 6.07) is 11.4. The molecule has 31 heavy (non-hydrogen) atoms. The minimum absolute atomic E-state index is 0.0201. The zero-order chi connectivity index (χ0) is 22.0. The van der Waals surface area contributed by atoms with Gasteiger partial charge in [0.2, 0.25) is 5.91 Å². The van der Waals surface area contributed by atoms with Gasteiger partial charge in [-0.05, 0) is 41.3 Å². The molecule has 0 saturated heterocycles. The van der Waals surface area contributed by atoms with Crippen LogP contribution in [0.1, 0.15) is 65.9 Å². The number of ether oxygens (including phenoxy) is 1. The van der Waals surface area contributed by atoms with E-state index in [1.807, 2.05) is 46.7 Å². The highest BCUT2D eigenvalue weighted by Gasteiger charge is 2.45. The maximum absolute atomic E-state index is 13.8. The molecule has 2 heterocycles. The Morgan fingerprint density at radius 2 is 2.00 bits per heavy atom. The summed E-state index contributed by atoms with van der Waals surface area (Å²) >= 11 is 1.60. The Hall–Kier alpha value is -2.18. The van der Waals surface area contributed by atoms with Gasteiger partial charge in [0.25, 0.3) is 5.91 Å². The summed E-state index contributed by atoms with van der Waals surface area (Å²) in [5, 5.41) is 5.40. The van der Waals surface area contributed by atoms with Gasteiger partial charge in [-0.2, -0.15) is 0 Å². The third-order valence-electron chi connectivity index (χ3n) is 7.13. The van der Waals surface area contributed by atoms with E-state index in [9.17, 15) is 9.59 Å². The Bertz CT molecular complexity index is 913. The Kier molecular flexibility index (Phi) is 6.77. The van der Waals surface area contributed by atoms with Gasteiger partial charge in [0, 0.05) is 30.1 Å². The maximum Gasteiger partial charge on any atom is 0.254 e. The SMILES string of the molecule is COCCN1C(=O)c2ccccc2[C@H](C(=O)N[C@@H]2CCC[C@H](C)[C@H]2C)[C@H]1c1cccs1. The first-order valence-electron chi connectivity index (χ1n) is 11.3. The van der Waals surface area contributed by atoms with Crippen molar-refractivity contribution in [2.45, 2.75) is 51.1 Å². The third kappa shape index (κ3) is 4.28. The molecule has 1 N–H and O–H groups in total. The van der Waals surface area contributed by atoms with Crippen LogP contribution in [0.2, 0.25) is 0 Å². The molecular formula is C25H32N2O3S. The van der Waals surface area contributed by atoms with E-state index >= 15 is 0 Å². The van der Waals surface area contributed by atoms with Gasteiger partial charge in [0.1, 0.15) is 0 Å². The molecule has 4 rings (SSSR count). The number of fused-ring (bicyclic) bond motifs is 1. The van der Waals surface area contributed by atoms with E-state index in [1.165, 1.54) is 6.42 Å². The van der Waals surface area contributed by atoms with Crippen LogP contribution in [0.3, 0.4) is 0 Å². The zero-order valence-corrected chi connectivity index (χ0v) is 19.4. The maximum atomic E-state index is 13.8. The molecule has 6 heteroatoms. The number of amides is 2. The molecule has 166 valence electrons. The van der Waals surface area contributed by atoms with Crippen LogP contribution in [0.4, 0.5) is 0 Å². The second-order valence-electron chi connectivity index (χ2n) is 8.90. The van der Waals surface area contributed by atoms with E-state index in [0.717, 1.165) is 23.3 Å². The standard InChI is InChI=1S/C25H32N2O3S/c1-16-8-6-11-20(17(16)2)26-24(28)22-18-9-4-5-10-19(18)25(29)27(13-14-30-3)23(22)21-12-7-15-31-21/h4-5,7,9-10,12,15-17,20,22-23H,6,8,11,13-14H2,1-3H3,(H,26,28)/t16-,17+,20+,22-,23+/m0/s1. The Morgan fingerprint density at radius 3 is 2.74 bits per heavy atom. The molecule has 5 nitrogen and oxygen atoms in total. The number of methoxy groups -OCH3 is 1. The smallest absolute Gasteiger partial charge is 0.254 e. The summed E-state index contributed by atoms with van der Waals surface area (Å²) in [5.74, 6) is 0.601. The van der Waals surface area contributed by atoms with Crippen LogP contribution < -0.4 is 5.32 Å². The highest BCUT2D eigenvalue weighted by atomic mass is 32.1. The van der Waals surface area contributed by atoms with E-state index in [0.29, 0.717) is 30.6 Å². The average Bonchev–Trinajstić information content (AvgIpc) is 3.30. The van der Waals surface area contributed by atoms with E-state index < -0.39 is 5.92 Å². The largest absolute Gasteiger partial charge is 0.383 e. The second-order valence-corrected chi connectivity index (χ2v) is 9.88.